The predicted molar refractivity (Wildman–Crippen MR) is 60.7 cm³/mol. The minimum absolute atomic E-state index is 0.464. The normalized spacial score (nSPS) is 10.1. The lowest BCUT2D eigenvalue weighted by molar-refractivity contribution is 0.768. The summed E-state index contributed by atoms with van der Waals surface area (Å²) in [6.07, 6.45) is 6.95. The molecule has 0 saturated carbocycles. The van der Waals surface area contributed by atoms with Gasteiger partial charge in [0.05, 0.1) is 17.5 Å². The number of rotatable bonds is 2. The summed E-state index contributed by atoms with van der Waals surface area (Å²) < 4.78 is 1.68. The van der Waals surface area contributed by atoms with Gasteiger partial charge in [0.2, 0.25) is 0 Å². The molecule has 0 N–H and O–H groups in total. The zero-order valence-corrected chi connectivity index (χ0v) is 9.69. The second-order valence-electron chi connectivity index (χ2n) is 3.13. The van der Waals surface area contributed by atoms with Crippen LogP contribution >= 0.6 is 11.8 Å². The fourth-order valence-electron chi connectivity index (χ4n) is 1.31. The Kier molecular flexibility index (Phi) is 2.88. The summed E-state index contributed by atoms with van der Waals surface area (Å²) in [5, 5.41) is 13.7. The molecule has 2 aromatic rings. The van der Waals surface area contributed by atoms with Crippen molar-refractivity contribution in [1.82, 2.24) is 19.7 Å². The van der Waals surface area contributed by atoms with Gasteiger partial charge < -0.3 is 0 Å². The minimum atomic E-state index is 0.464. The monoisotopic (exact) mass is 231 g/mol. The van der Waals surface area contributed by atoms with Gasteiger partial charge in [-0.3, -0.25) is 4.68 Å². The molecule has 2 aromatic heterocycles. The zero-order valence-electron chi connectivity index (χ0n) is 8.88. The van der Waals surface area contributed by atoms with Crippen LogP contribution in [0.15, 0.2) is 23.7 Å². The summed E-state index contributed by atoms with van der Waals surface area (Å²) in [6, 6.07) is 2.08. The van der Waals surface area contributed by atoms with Crippen LogP contribution in [-0.2, 0) is 7.05 Å². The minimum Gasteiger partial charge on any atom is -0.275 e. The molecule has 0 aliphatic carbocycles. The van der Waals surface area contributed by atoms with Crippen LogP contribution in [0, 0.1) is 11.3 Å². The Morgan fingerprint density at radius 1 is 1.44 bits per heavy atom. The number of nitrogens with zero attached hydrogens (tertiary/aromatic N) is 5. The van der Waals surface area contributed by atoms with E-state index in [1.807, 2.05) is 19.5 Å². The molecule has 80 valence electrons. The maximum atomic E-state index is 8.99. The Bertz CT molecular complexity index is 555. The van der Waals surface area contributed by atoms with Crippen molar-refractivity contribution in [2.75, 3.05) is 6.26 Å². The van der Waals surface area contributed by atoms with Gasteiger partial charge >= 0.3 is 0 Å². The first-order valence-electron chi connectivity index (χ1n) is 4.54. The van der Waals surface area contributed by atoms with Gasteiger partial charge in [0.15, 0.2) is 5.16 Å². The van der Waals surface area contributed by atoms with E-state index in [9.17, 15) is 0 Å². The van der Waals surface area contributed by atoms with Crippen molar-refractivity contribution in [3.05, 3.63) is 24.2 Å². The number of hydrogen-bond donors (Lipinski definition) is 0. The van der Waals surface area contributed by atoms with E-state index in [4.69, 9.17) is 5.26 Å². The maximum absolute atomic E-state index is 8.99. The van der Waals surface area contributed by atoms with Gasteiger partial charge in [-0.15, -0.1) is 0 Å². The van der Waals surface area contributed by atoms with Crippen molar-refractivity contribution in [2.24, 2.45) is 7.05 Å². The number of aromatic nitrogens is 4. The van der Waals surface area contributed by atoms with Crippen molar-refractivity contribution in [2.45, 2.75) is 5.16 Å². The maximum Gasteiger partial charge on any atom is 0.187 e. The summed E-state index contributed by atoms with van der Waals surface area (Å²) >= 11 is 1.44. The molecule has 5 nitrogen and oxygen atoms in total. The van der Waals surface area contributed by atoms with Gasteiger partial charge in [-0.1, -0.05) is 11.8 Å². The van der Waals surface area contributed by atoms with E-state index >= 15 is 0 Å². The van der Waals surface area contributed by atoms with Crippen molar-refractivity contribution in [1.29, 1.82) is 5.26 Å². The lowest BCUT2D eigenvalue weighted by Gasteiger charge is -2.01. The summed E-state index contributed by atoms with van der Waals surface area (Å²) in [5.41, 5.74) is 1.93. The van der Waals surface area contributed by atoms with E-state index in [2.05, 4.69) is 21.1 Å². The highest BCUT2D eigenvalue weighted by atomic mass is 32.2. The third-order valence-corrected chi connectivity index (χ3v) is 2.61. The van der Waals surface area contributed by atoms with Gasteiger partial charge in [0.25, 0.3) is 0 Å². The first-order valence-corrected chi connectivity index (χ1v) is 5.77. The van der Waals surface area contributed by atoms with Crippen LogP contribution in [0.25, 0.3) is 11.3 Å². The van der Waals surface area contributed by atoms with Crippen LogP contribution in [0.1, 0.15) is 5.56 Å². The van der Waals surface area contributed by atoms with Gasteiger partial charge in [-0.2, -0.15) is 10.4 Å². The third kappa shape index (κ3) is 1.90. The molecule has 0 saturated heterocycles. The van der Waals surface area contributed by atoms with E-state index in [-0.39, 0.29) is 0 Å². The third-order valence-electron chi connectivity index (χ3n) is 2.05. The Morgan fingerprint density at radius 2 is 2.25 bits per heavy atom. The van der Waals surface area contributed by atoms with Crippen molar-refractivity contribution < 1.29 is 0 Å². The molecule has 0 amide bonds. The van der Waals surface area contributed by atoms with Gasteiger partial charge in [0.1, 0.15) is 6.07 Å². The van der Waals surface area contributed by atoms with E-state index in [1.165, 1.54) is 11.8 Å². The van der Waals surface area contributed by atoms with Gasteiger partial charge in [0, 0.05) is 25.0 Å². The number of thioether (sulfide) groups is 1. The van der Waals surface area contributed by atoms with E-state index in [0.29, 0.717) is 16.4 Å². The average molecular weight is 231 g/mol. The SMILES string of the molecule is CSc1ncc(C#N)c(-c2cnn(C)c2)n1. The summed E-state index contributed by atoms with van der Waals surface area (Å²) in [7, 11) is 1.83. The Morgan fingerprint density at radius 3 is 2.81 bits per heavy atom. The number of nitriles is 1. The standard InChI is InChI=1S/C10H9N5S/c1-15-6-8(5-13-15)9-7(3-11)4-12-10(14-9)16-2/h4-6H,1-2H3. The highest BCUT2D eigenvalue weighted by Gasteiger charge is 2.10. The number of hydrogen-bond acceptors (Lipinski definition) is 5. The van der Waals surface area contributed by atoms with E-state index < -0.39 is 0 Å². The Balaban J connectivity index is 2.58. The van der Waals surface area contributed by atoms with Crippen LogP contribution in [0.3, 0.4) is 0 Å². The molecule has 6 heteroatoms. The highest BCUT2D eigenvalue weighted by Crippen LogP contribution is 2.21. The first kappa shape index (κ1) is 10.6. The largest absolute Gasteiger partial charge is 0.275 e. The molecule has 0 aliphatic heterocycles. The van der Waals surface area contributed by atoms with Crippen LogP contribution in [-0.4, -0.2) is 26.0 Å². The van der Waals surface area contributed by atoms with Crippen LogP contribution in [0.2, 0.25) is 0 Å². The smallest absolute Gasteiger partial charge is 0.187 e. The van der Waals surface area contributed by atoms with Crippen LogP contribution in [0.4, 0.5) is 0 Å². The Hall–Kier alpha value is -1.87. The molecule has 0 aromatic carbocycles. The van der Waals surface area contributed by atoms with E-state index in [1.54, 1.807) is 17.1 Å². The zero-order chi connectivity index (χ0) is 11.5. The van der Waals surface area contributed by atoms with Crippen molar-refractivity contribution in [3.63, 3.8) is 0 Å². The second-order valence-corrected chi connectivity index (χ2v) is 3.91. The average Bonchev–Trinajstić information content (AvgIpc) is 2.75. The molecular formula is C10H9N5S. The summed E-state index contributed by atoms with van der Waals surface area (Å²) in [5.74, 6) is 0. The molecule has 0 atom stereocenters. The lowest BCUT2D eigenvalue weighted by atomic mass is 10.1. The number of aryl methyl sites for hydroxylation is 1. The molecule has 0 unspecified atom stereocenters. The predicted octanol–water partition coefficient (Wildman–Crippen LogP) is 1.47. The molecule has 0 bridgehead atoms. The van der Waals surface area contributed by atoms with E-state index in [0.717, 1.165) is 5.56 Å². The first-order chi connectivity index (χ1) is 7.74. The van der Waals surface area contributed by atoms with Crippen LogP contribution in [0.5, 0.6) is 0 Å². The second kappa shape index (κ2) is 4.33. The molecule has 2 rings (SSSR count). The molecule has 0 spiro atoms. The molecule has 0 fully saturated rings. The van der Waals surface area contributed by atoms with Crippen molar-refractivity contribution >= 4 is 11.8 Å². The van der Waals surface area contributed by atoms with Gasteiger partial charge in [-0.25, -0.2) is 9.97 Å². The molecule has 2 heterocycles. The van der Waals surface area contributed by atoms with Crippen LogP contribution < -0.4 is 0 Å². The Labute approximate surface area is 97.1 Å². The molecular weight excluding hydrogens is 222 g/mol. The molecule has 16 heavy (non-hydrogen) atoms. The topological polar surface area (TPSA) is 67.4 Å². The quantitative estimate of drug-likeness (QED) is 0.578. The molecule has 0 aliphatic rings. The van der Waals surface area contributed by atoms with Crippen molar-refractivity contribution in [3.8, 4) is 17.3 Å². The lowest BCUT2D eigenvalue weighted by Crippen LogP contribution is -1.93. The van der Waals surface area contributed by atoms with Gasteiger partial charge in [-0.05, 0) is 6.26 Å². The summed E-state index contributed by atoms with van der Waals surface area (Å²) in [4.78, 5) is 8.38. The fourth-order valence-corrected chi connectivity index (χ4v) is 1.65. The molecule has 0 radical (unpaired) electrons. The highest BCUT2D eigenvalue weighted by molar-refractivity contribution is 7.98. The summed E-state index contributed by atoms with van der Waals surface area (Å²) in [6.45, 7) is 0. The fraction of sp³-hybridized carbons (Fsp3) is 0.200.